The Morgan fingerprint density at radius 3 is 2.56 bits per heavy atom. The smallest absolute Gasteiger partial charge is 0.495 e. The van der Waals surface area contributed by atoms with Gasteiger partial charge in [-0.2, -0.15) is 5.26 Å². The first-order chi connectivity index (χ1) is 8.42. The normalized spacial score (nSPS) is 10.9. The number of pyridine rings is 1. The van der Waals surface area contributed by atoms with Crippen molar-refractivity contribution < 1.29 is 22.6 Å². The van der Waals surface area contributed by atoms with E-state index in [0.29, 0.717) is 5.56 Å². The van der Waals surface area contributed by atoms with Gasteiger partial charge in [-0.15, -0.1) is 13.2 Å². The predicted molar refractivity (Wildman–Crippen MR) is 59.4 cm³/mol. The van der Waals surface area contributed by atoms with Crippen molar-refractivity contribution in [3.8, 4) is 17.7 Å². The Labute approximate surface area is 109 Å². The number of ether oxygens (including phenoxy) is 2. The number of nitriles is 1. The minimum Gasteiger partial charge on any atom is -0.495 e. The van der Waals surface area contributed by atoms with Crippen LogP contribution in [-0.4, -0.2) is 18.5 Å². The summed E-state index contributed by atoms with van der Waals surface area (Å²) in [6, 6.07) is 1.86. The van der Waals surface area contributed by atoms with E-state index in [1.807, 2.05) is 6.07 Å². The molecular formula is C10H8BrF3N2O2. The second kappa shape index (κ2) is 5.91. The zero-order valence-corrected chi connectivity index (χ0v) is 10.8. The molecule has 0 radical (unpaired) electrons. The first-order valence-corrected chi connectivity index (χ1v) is 5.78. The van der Waals surface area contributed by atoms with Gasteiger partial charge in [-0.3, -0.25) is 0 Å². The van der Waals surface area contributed by atoms with Crippen LogP contribution in [0.3, 0.4) is 0 Å². The summed E-state index contributed by atoms with van der Waals surface area (Å²) in [5.41, 5.74) is 0.472. The maximum absolute atomic E-state index is 12.2. The fraction of sp³-hybridized carbons (Fsp3) is 0.400. The van der Waals surface area contributed by atoms with E-state index >= 15 is 0 Å². The van der Waals surface area contributed by atoms with Crippen LogP contribution in [0.15, 0.2) is 6.20 Å². The van der Waals surface area contributed by atoms with Crippen LogP contribution in [0.5, 0.6) is 11.6 Å². The second-order valence-electron chi connectivity index (χ2n) is 3.11. The topological polar surface area (TPSA) is 55.1 Å². The maximum Gasteiger partial charge on any atom is 0.574 e. The number of aromatic nitrogens is 1. The zero-order valence-electron chi connectivity index (χ0n) is 9.21. The van der Waals surface area contributed by atoms with Gasteiger partial charge < -0.3 is 9.47 Å². The van der Waals surface area contributed by atoms with Crippen LogP contribution in [0.25, 0.3) is 0 Å². The standard InChI is InChI=1S/C10H8BrF3N2O2/c1-17-8-5-16-9(18-10(12,13)14)7(4-11)6(8)2-3-15/h5H,2,4H2,1H3. The summed E-state index contributed by atoms with van der Waals surface area (Å²) in [5, 5.41) is 8.75. The number of nitrogens with zero attached hydrogens (tertiary/aromatic N) is 2. The fourth-order valence-corrected chi connectivity index (χ4v) is 1.91. The fourth-order valence-electron chi connectivity index (χ4n) is 1.34. The SMILES string of the molecule is COc1cnc(OC(F)(F)F)c(CBr)c1CC#N. The molecule has 1 heterocycles. The van der Waals surface area contributed by atoms with E-state index in [-0.39, 0.29) is 23.1 Å². The molecule has 8 heteroatoms. The lowest BCUT2D eigenvalue weighted by Crippen LogP contribution is -2.19. The largest absolute Gasteiger partial charge is 0.574 e. The third-order valence-electron chi connectivity index (χ3n) is 2.04. The van der Waals surface area contributed by atoms with Crippen molar-refractivity contribution >= 4 is 15.9 Å². The molecule has 0 aliphatic heterocycles. The average molecular weight is 325 g/mol. The first kappa shape index (κ1) is 14.6. The molecule has 0 fully saturated rings. The van der Waals surface area contributed by atoms with Crippen LogP contribution in [0.2, 0.25) is 0 Å². The lowest BCUT2D eigenvalue weighted by Gasteiger charge is -2.15. The van der Waals surface area contributed by atoms with Crippen molar-refractivity contribution in [2.75, 3.05) is 7.11 Å². The molecule has 0 amide bonds. The van der Waals surface area contributed by atoms with E-state index in [2.05, 4.69) is 25.7 Å². The molecular weight excluding hydrogens is 317 g/mol. The molecule has 1 aromatic heterocycles. The van der Waals surface area contributed by atoms with Crippen LogP contribution in [0.4, 0.5) is 13.2 Å². The molecule has 0 saturated heterocycles. The summed E-state index contributed by atoms with van der Waals surface area (Å²) in [6.45, 7) is 0. The van der Waals surface area contributed by atoms with Crippen LogP contribution in [0, 0.1) is 11.3 Å². The van der Waals surface area contributed by atoms with E-state index in [1.54, 1.807) is 0 Å². The highest BCUT2D eigenvalue weighted by Gasteiger charge is 2.33. The number of hydrogen-bond donors (Lipinski definition) is 0. The van der Waals surface area contributed by atoms with Gasteiger partial charge in [0.25, 0.3) is 0 Å². The summed E-state index contributed by atoms with van der Waals surface area (Å²) >= 11 is 3.05. The number of rotatable bonds is 4. The average Bonchev–Trinajstić information content (AvgIpc) is 2.28. The van der Waals surface area contributed by atoms with Gasteiger partial charge in [-0.05, 0) is 0 Å². The quantitative estimate of drug-likeness (QED) is 0.799. The van der Waals surface area contributed by atoms with Gasteiger partial charge in [0.05, 0.1) is 25.8 Å². The Morgan fingerprint density at radius 1 is 1.44 bits per heavy atom. The molecule has 0 N–H and O–H groups in total. The van der Waals surface area contributed by atoms with Crippen molar-refractivity contribution in [1.29, 1.82) is 5.26 Å². The van der Waals surface area contributed by atoms with Gasteiger partial charge >= 0.3 is 6.36 Å². The molecule has 1 rings (SSSR count). The minimum atomic E-state index is -4.83. The number of methoxy groups -OCH3 is 1. The Hall–Kier alpha value is -1.49. The molecule has 0 aliphatic rings. The highest BCUT2D eigenvalue weighted by atomic mass is 79.9. The molecule has 98 valence electrons. The molecule has 0 bridgehead atoms. The first-order valence-electron chi connectivity index (χ1n) is 4.66. The molecule has 0 spiro atoms. The van der Waals surface area contributed by atoms with Crippen molar-refractivity contribution in [1.82, 2.24) is 4.98 Å². The summed E-state index contributed by atoms with van der Waals surface area (Å²) in [4.78, 5) is 3.54. The molecule has 0 aromatic carbocycles. The van der Waals surface area contributed by atoms with Crippen LogP contribution >= 0.6 is 15.9 Å². The van der Waals surface area contributed by atoms with E-state index in [1.165, 1.54) is 7.11 Å². The zero-order chi connectivity index (χ0) is 13.8. The molecule has 0 unspecified atom stereocenters. The second-order valence-corrected chi connectivity index (χ2v) is 3.67. The Bertz CT molecular complexity index is 471. The van der Waals surface area contributed by atoms with E-state index in [4.69, 9.17) is 10.00 Å². The summed E-state index contributed by atoms with van der Waals surface area (Å²) in [6.07, 6.45) is -3.83. The van der Waals surface area contributed by atoms with Gasteiger partial charge in [0.2, 0.25) is 5.88 Å². The summed E-state index contributed by atoms with van der Waals surface area (Å²) in [7, 11) is 1.35. The third-order valence-corrected chi connectivity index (χ3v) is 2.60. The predicted octanol–water partition coefficient (Wildman–Crippen LogP) is 2.95. The van der Waals surface area contributed by atoms with Gasteiger partial charge in [0, 0.05) is 16.5 Å². The van der Waals surface area contributed by atoms with Gasteiger partial charge in [-0.25, -0.2) is 4.98 Å². The number of halogens is 4. The molecule has 0 aliphatic carbocycles. The number of hydrogen-bond acceptors (Lipinski definition) is 4. The lowest BCUT2D eigenvalue weighted by atomic mass is 10.1. The monoisotopic (exact) mass is 324 g/mol. The van der Waals surface area contributed by atoms with Crippen molar-refractivity contribution in [2.45, 2.75) is 18.1 Å². The number of alkyl halides is 4. The van der Waals surface area contributed by atoms with Crippen LogP contribution in [-0.2, 0) is 11.8 Å². The van der Waals surface area contributed by atoms with E-state index in [9.17, 15) is 13.2 Å². The highest BCUT2D eigenvalue weighted by molar-refractivity contribution is 9.08. The summed E-state index contributed by atoms with van der Waals surface area (Å²) in [5.74, 6) is -0.328. The lowest BCUT2D eigenvalue weighted by molar-refractivity contribution is -0.276. The van der Waals surface area contributed by atoms with E-state index in [0.717, 1.165) is 6.20 Å². The van der Waals surface area contributed by atoms with Crippen molar-refractivity contribution in [3.63, 3.8) is 0 Å². The van der Waals surface area contributed by atoms with Crippen molar-refractivity contribution in [2.24, 2.45) is 0 Å². The Balaban J connectivity index is 3.29. The van der Waals surface area contributed by atoms with Gasteiger partial charge in [-0.1, -0.05) is 15.9 Å². The highest BCUT2D eigenvalue weighted by Crippen LogP contribution is 2.33. The molecule has 0 atom stereocenters. The Kier molecular flexibility index (Phi) is 4.78. The minimum absolute atomic E-state index is 0.0691. The summed E-state index contributed by atoms with van der Waals surface area (Å²) < 4.78 is 45.3. The molecule has 4 nitrogen and oxygen atoms in total. The van der Waals surface area contributed by atoms with Crippen LogP contribution in [0.1, 0.15) is 11.1 Å². The van der Waals surface area contributed by atoms with Gasteiger partial charge in [0.1, 0.15) is 5.75 Å². The third kappa shape index (κ3) is 3.50. The molecule has 18 heavy (non-hydrogen) atoms. The molecule has 0 saturated carbocycles. The molecule has 1 aromatic rings. The van der Waals surface area contributed by atoms with Gasteiger partial charge in [0.15, 0.2) is 0 Å². The maximum atomic E-state index is 12.2. The Morgan fingerprint density at radius 2 is 2.11 bits per heavy atom. The van der Waals surface area contributed by atoms with Crippen molar-refractivity contribution in [3.05, 3.63) is 17.3 Å². The van der Waals surface area contributed by atoms with E-state index < -0.39 is 12.2 Å². The van der Waals surface area contributed by atoms with Crippen LogP contribution < -0.4 is 9.47 Å².